The van der Waals surface area contributed by atoms with E-state index in [1.54, 1.807) is 0 Å². The number of nitrogens with zero attached hydrogens (tertiary/aromatic N) is 2. The van der Waals surface area contributed by atoms with Crippen molar-refractivity contribution in [2.24, 2.45) is 0 Å². The van der Waals surface area contributed by atoms with Gasteiger partial charge in [-0.1, -0.05) is 12.1 Å². The predicted octanol–water partition coefficient (Wildman–Crippen LogP) is 6.27. The molecule has 0 unspecified atom stereocenters. The largest absolute Gasteiger partial charge is 0.417 e. The van der Waals surface area contributed by atoms with Gasteiger partial charge in [0.1, 0.15) is 0 Å². The van der Waals surface area contributed by atoms with Gasteiger partial charge in [-0.2, -0.15) is 31.3 Å². The summed E-state index contributed by atoms with van der Waals surface area (Å²) in [6, 6.07) is 7.04. The molecule has 3 N–H and O–H groups in total. The van der Waals surface area contributed by atoms with E-state index in [-0.39, 0.29) is 28.6 Å². The maximum absolute atomic E-state index is 13.1. The zero-order valence-corrected chi connectivity index (χ0v) is 16.8. The van der Waals surface area contributed by atoms with Crippen LogP contribution in [0.5, 0.6) is 0 Å². The zero-order chi connectivity index (χ0) is 22.1. The van der Waals surface area contributed by atoms with Crippen molar-refractivity contribution in [2.45, 2.75) is 25.8 Å². The number of hydrogen-bond acceptors (Lipinski definition) is 4. The average Bonchev–Trinajstić information content (AvgIpc) is 3.09. The van der Waals surface area contributed by atoms with E-state index >= 15 is 0 Å². The van der Waals surface area contributed by atoms with E-state index in [4.69, 9.17) is 0 Å². The third-order valence-corrected chi connectivity index (χ3v) is 5.09. The van der Waals surface area contributed by atoms with Crippen LogP contribution >= 0.6 is 15.9 Å². The molecule has 0 fully saturated rings. The van der Waals surface area contributed by atoms with E-state index in [1.165, 1.54) is 25.1 Å². The molecule has 0 aliphatic heterocycles. The second-order valence-corrected chi connectivity index (χ2v) is 7.13. The number of hydrogen-bond donors (Lipinski definition) is 3. The van der Waals surface area contributed by atoms with Crippen molar-refractivity contribution in [3.63, 3.8) is 0 Å². The lowest BCUT2D eigenvalue weighted by molar-refractivity contribution is -0.138. The number of H-pyrrole nitrogens is 1. The zero-order valence-electron chi connectivity index (χ0n) is 15.2. The molecule has 1 heterocycles. The smallest absolute Gasteiger partial charge is 0.349 e. The first-order valence-electron chi connectivity index (χ1n) is 8.40. The van der Waals surface area contributed by atoms with Gasteiger partial charge in [-0.3, -0.25) is 0 Å². The summed E-state index contributed by atoms with van der Waals surface area (Å²) in [4.78, 5) is 4.06. The van der Waals surface area contributed by atoms with Gasteiger partial charge in [-0.25, -0.2) is 5.10 Å². The summed E-state index contributed by atoms with van der Waals surface area (Å²) in [5.74, 6) is 0.224. The number of nitrogens with one attached hydrogen (secondary N) is 3. The fourth-order valence-corrected chi connectivity index (χ4v) is 3.03. The molecule has 0 aliphatic carbocycles. The Morgan fingerprint density at radius 3 is 2.27 bits per heavy atom. The first kappa shape index (κ1) is 21.9. The van der Waals surface area contributed by atoms with Crippen LogP contribution < -0.4 is 10.6 Å². The van der Waals surface area contributed by atoms with Crippen LogP contribution in [0.25, 0.3) is 0 Å². The van der Waals surface area contributed by atoms with Crippen molar-refractivity contribution in [2.75, 3.05) is 10.6 Å². The molecule has 0 amide bonds. The van der Waals surface area contributed by atoms with Gasteiger partial charge in [-0.15, -0.1) is 5.10 Å². The Kier molecular flexibility index (Phi) is 5.97. The number of aromatic nitrogens is 3. The highest BCUT2D eigenvalue weighted by atomic mass is 79.9. The lowest BCUT2D eigenvalue weighted by Crippen LogP contribution is -2.08. The Morgan fingerprint density at radius 2 is 1.67 bits per heavy atom. The van der Waals surface area contributed by atoms with Gasteiger partial charge in [0.25, 0.3) is 0 Å². The Bertz CT molecular complexity index is 1030. The molecule has 5 nitrogen and oxygen atoms in total. The quantitative estimate of drug-likeness (QED) is 0.366. The summed E-state index contributed by atoms with van der Waals surface area (Å²) in [5, 5.41) is 11.9. The van der Waals surface area contributed by atoms with Gasteiger partial charge < -0.3 is 10.6 Å². The number of benzene rings is 2. The van der Waals surface area contributed by atoms with Crippen molar-refractivity contribution in [1.29, 1.82) is 0 Å². The van der Waals surface area contributed by atoms with Gasteiger partial charge in [0.2, 0.25) is 11.9 Å². The van der Waals surface area contributed by atoms with Crippen LogP contribution in [0.15, 0.2) is 40.9 Å². The van der Waals surface area contributed by atoms with Crippen LogP contribution in [0.2, 0.25) is 0 Å². The molecule has 0 saturated carbocycles. The SMILES string of the molecule is Cc1cc(Nc2nc(NCc3ccc(C(F)(F)F)cc3)n[nH]2)cc(C(F)(F)F)c1Br. The monoisotopic (exact) mass is 493 g/mol. The third-order valence-electron chi connectivity index (χ3n) is 4.04. The van der Waals surface area contributed by atoms with Crippen molar-refractivity contribution in [3.8, 4) is 0 Å². The predicted molar refractivity (Wildman–Crippen MR) is 102 cm³/mol. The van der Waals surface area contributed by atoms with Crippen LogP contribution in [0.3, 0.4) is 0 Å². The van der Waals surface area contributed by atoms with E-state index in [9.17, 15) is 26.3 Å². The summed E-state index contributed by atoms with van der Waals surface area (Å²) in [5.41, 5.74) is -0.467. The van der Waals surface area contributed by atoms with Gasteiger partial charge in [-0.05, 0) is 58.2 Å². The molecular formula is C18H14BrF6N5. The number of anilines is 3. The fourth-order valence-electron chi connectivity index (χ4n) is 2.57. The summed E-state index contributed by atoms with van der Waals surface area (Å²) in [6.07, 6.45) is -8.94. The topological polar surface area (TPSA) is 65.6 Å². The molecule has 3 rings (SSSR count). The molecule has 0 saturated heterocycles. The van der Waals surface area contributed by atoms with E-state index in [0.717, 1.165) is 18.2 Å². The highest BCUT2D eigenvalue weighted by Gasteiger charge is 2.34. The van der Waals surface area contributed by atoms with Crippen LogP contribution in [0, 0.1) is 6.92 Å². The molecule has 3 aromatic rings. The van der Waals surface area contributed by atoms with Crippen molar-refractivity contribution >= 4 is 33.5 Å². The first-order valence-corrected chi connectivity index (χ1v) is 9.19. The number of rotatable bonds is 5. The summed E-state index contributed by atoms with van der Waals surface area (Å²) in [7, 11) is 0. The maximum atomic E-state index is 13.1. The third kappa shape index (κ3) is 5.23. The Morgan fingerprint density at radius 1 is 1.00 bits per heavy atom. The van der Waals surface area contributed by atoms with Gasteiger partial charge in [0, 0.05) is 16.7 Å². The van der Waals surface area contributed by atoms with Crippen LogP contribution in [-0.4, -0.2) is 15.2 Å². The van der Waals surface area contributed by atoms with E-state index in [0.29, 0.717) is 11.1 Å². The minimum Gasteiger partial charge on any atom is -0.349 e. The molecule has 2 aromatic carbocycles. The molecule has 12 heteroatoms. The normalized spacial score (nSPS) is 12.1. The number of halogens is 7. The molecule has 160 valence electrons. The van der Waals surface area contributed by atoms with Gasteiger partial charge in [0.15, 0.2) is 0 Å². The maximum Gasteiger partial charge on any atom is 0.417 e. The van der Waals surface area contributed by atoms with E-state index in [1.807, 2.05) is 0 Å². The van der Waals surface area contributed by atoms with Crippen molar-refractivity contribution < 1.29 is 26.3 Å². The lowest BCUT2D eigenvalue weighted by Gasteiger charge is -2.13. The minimum absolute atomic E-state index is 0.0444. The average molecular weight is 494 g/mol. The Balaban J connectivity index is 1.67. The molecular weight excluding hydrogens is 480 g/mol. The Hall–Kier alpha value is -2.76. The number of aromatic amines is 1. The second kappa shape index (κ2) is 8.17. The molecule has 30 heavy (non-hydrogen) atoms. The summed E-state index contributed by atoms with van der Waals surface area (Å²) >= 11 is 2.94. The molecule has 1 aromatic heterocycles. The van der Waals surface area contributed by atoms with E-state index in [2.05, 4.69) is 41.7 Å². The minimum atomic E-state index is -4.53. The molecule has 0 radical (unpaired) electrons. The second-order valence-electron chi connectivity index (χ2n) is 6.33. The molecule has 0 bridgehead atoms. The standard InChI is InChI=1S/C18H14BrF6N5/c1-9-6-12(7-13(14(9)19)18(23,24)25)27-16-28-15(29-30-16)26-8-10-2-4-11(5-3-10)17(20,21)22/h2-7H,8H2,1H3,(H3,26,27,28,29,30). The van der Waals surface area contributed by atoms with Crippen LogP contribution in [0.1, 0.15) is 22.3 Å². The highest BCUT2D eigenvalue weighted by Crippen LogP contribution is 2.38. The highest BCUT2D eigenvalue weighted by molar-refractivity contribution is 9.10. The van der Waals surface area contributed by atoms with Gasteiger partial charge >= 0.3 is 12.4 Å². The molecule has 0 spiro atoms. The number of alkyl halides is 6. The lowest BCUT2D eigenvalue weighted by atomic mass is 10.1. The van der Waals surface area contributed by atoms with Crippen LogP contribution in [0.4, 0.5) is 43.9 Å². The van der Waals surface area contributed by atoms with Crippen molar-refractivity contribution in [1.82, 2.24) is 15.2 Å². The van der Waals surface area contributed by atoms with E-state index < -0.39 is 23.5 Å². The summed E-state index contributed by atoms with van der Waals surface area (Å²) < 4.78 is 77.1. The Labute approximate surface area is 175 Å². The van der Waals surface area contributed by atoms with Gasteiger partial charge in [0.05, 0.1) is 11.1 Å². The van der Waals surface area contributed by atoms with Crippen LogP contribution in [-0.2, 0) is 18.9 Å². The summed E-state index contributed by atoms with van der Waals surface area (Å²) in [6.45, 7) is 1.69. The molecule has 0 atom stereocenters. The fraction of sp³-hybridized carbons (Fsp3) is 0.222. The first-order chi connectivity index (χ1) is 13.9. The van der Waals surface area contributed by atoms with Crippen molar-refractivity contribution in [3.05, 3.63) is 63.1 Å². The number of aryl methyl sites for hydroxylation is 1. The molecule has 0 aliphatic rings.